The van der Waals surface area contributed by atoms with E-state index in [0.717, 1.165) is 5.56 Å². The van der Waals surface area contributed by atoms with Gasteiger partial charge in [-0.25, -0.2) is 14.5 Å². The van der Waals surface area contributed by atoms with E-state index in [1.54, 1.807) is 11.6 Å². The molecular formula is C13H14BrN3O3. The second-order valence-corrected chi connectivity index (χ2v) is 5.10. The SMILES string of the molecule is CCn1ncnc1COc1c(C)cc(Br)cc1C(=O)O. The highest BCUT2D eigenvalue weighted by atomic mass is 79.9. The molecule has 0 radical (unpaired) electrons. The Balaban J connectivity index is 2.27. The number of carbonyl (C=O) groups is 1. The third-order valence-corrected chi connectivity index (χ3v) is 3.27. The lowest BCUT2D eigenvalue weighted by Crippen LogP contribution is -2.10. The van der Waals surface area contributed by atoms with E-state index in [9.17, 15) is 9.90 Å². The lowest BCUT2D eigenvalue weighted by atomic mass is 10.1. The van der Waals surface area contributed by atoms with Crippen molar-refractivity contribution in [3.63, 3.8) is 0 Å². The molecule has 0 atom stereocenters. The van der Waals surface area contributed by atoms with Crippen LogP contribution in [0.3, 0.4) is 0 Å². The van der Waals surface area contributed by atoms with Gasteiger partial charge in [-0.05, 0) is 31.5 Å². The van der Waals surface area contributed by atoms with Crippen molar-refractivity contribution in [2.75, 3.05) is 0 Å². The third-order valence-electron chi connectivity index (χ3n) is 2.81. The number of rotatable bonds is 5. The molecule has 2 aromatic rings. The molecule has 0 saturated carbocycles. The summed E-state index contributed by atoms with van der Waals surface area (Å²) in [6.07, 6.45) is 1.45. The van der Waals surface area contributed by atoms with Crippen LogP contribution < -0.4 is 4.74 Å². The molecule has 0 aliphatic carbocycles. The molecule has 0 aliphatic heterocycles. The number of aryl methyl sites for hydroxylation is 2. The van der Waals surface area contributed by atoms with Gasteiger partial charge in [0.05, 0.1) is 0 Å². The van der Waals surface area contributed by atoms with Crippen molar-refractivity contribution in [2.45, 2.75) is 27.0 Å². The van der Waals surface area contributed by atoms with E-state index in [1.165, 1.54) is 12.4 Å². The standard InChI is InChI=1S/C13H14BrN3O3/c1-3-17-11(15-7-16-17)6-20-12-8(2)4-9(14)5-10(12)13(18)19/h4-5,7H,3,6H2,1-2H3,(H,18,19). The van der Waals surface area contributed by atoms with Gasteiger partial charge in [0, 0.05) is 11.0 Å². The van der Waals surface area contributed by atoms with Crippen molar-refractivity contribution in [1.29, 1.82) is 0 Å². The molecule has 2 rings (SSSR count). The van der Waals surface area contributed by atoms with Crippen LogP contribution in [0.1, 0.15) is 28.7 Å². The summed E-state index contributed by atoms with van der Waals surface area (Å²) in [7, 11) is 0. The highest BCUT2D eigenvalue weighted by Gasteiger charge is 2.16. The van der Waals surface area contributed by atoms with E-state index >= 15 is 0 Å². The molecule has 0 aliphatic rings. The zero-order chi connectivity index (χ0) is 14.7. The Labute approximate surface area is 124 Å². The number of halogens is 1. The van der Waals surface area contributed by atoms with Crippen LogP contribution in [-0.2, 0) is 13.2 Å². The molecule has 0 amide bonds. The Morgan fingerprint density at radius 3 is 2.90 bits per heavy atom. The van der Waals surface area contributed by atoms with Crippen molar-refractivity contribution in [3.05, 3.63) is 39.9 Å². The summed E-state index contributed by atoms with van der Waals surface area (Å²) in [4.78, 5) is 15.4. The second-order valence-electron chi connectivity index (χ2n) is 4.19. The summed E-state index contributed by atoms with van der Waals surface area (Å²) in [6.45, 7) is 4.61. The average molecular weight is 340 g/mol. The zero-order valence-corrected chi connectivity index (χ0v) is 12.7. The lowest BCUT2D eigenvalue weighted by molar-refractivity contribution is 0.0691. The Morgan fingerprint density at radius 2 is 2.25 bits per heavy atom. The molecule has 106 valence electrons. The van der Waals surface area contributed by atoms with Gasteiger partial charge in [0.15, 0.2) is 5.82 Å². The van der Waals surface area contributed by atoms with Gasteiger partial charge in [-0.1, -0.05) is 15.9 Å². The van der Waals surface area contributed by atoms with E-state index in [-0.39, 0.29) is 12.2 Å². The predicted molar refractivity (Wildman–Crippen MR) is 75.9 cm³/mol. The molecule has 1 aromatic carbocycles. The number of carboxylic acid groups (broad SMARTS) is 1. The van der Waals surface area contributed by atoms with Crippen molar-refractivity contribution >= 4 is 21.9 Å². The zero-order valence-electron chi connectivity index (χ0n) is 11.1. The molecule has 1 aromatic heterocycles. The maximum atomic E-state index is 11.3. The molecule has 0 saturated heterocycles. The fourth-order valence-electron chi connectivity index (χ4n) is 1.88. The van der Waals surface area contributed by atoms with E-state index in [1.807, 2.05) is 13.0 Å². The fraction of sp³-hybridized carbons (Fsp3) is 0.308. The molecule has 0 fully saturated rings. The topological polar surface area (TPSA) is 77.2 Å². The minimum Gasteiger partial charge on any atom is -0.484 e. The predicted octanol–water partition coefficient (Wildman–Crippen LogP) is 2.65. The first kappa shape index (κ1) is 14.5. The quantitative estimate of drug-likeness (QED) is 0.905. The summed E-state index contributed by atoms with van der Waals surface area (Å²) >= 11 is 3.28. The summed E-state index contributed by atoms with van der Waals surface area (Å²) in [5, 5.41) is 13.3. The van der Waals surface area contributed by atoms with Gasteiger partial charge < -0.3 is 9.84 Å². The number of hydrogen-bond acceptors (Lipinski definition) is 4. The summed E-state index contributed by atoms with van der Waals surface area (Å²) in [6, 6.07) is 3.33. The van der Waals surface area contributed by atoms with Crippen LogP contribution in [0.25, 0.3) is 0 Å². The highest BCUT2D eigenvalue weighted by Crippen LogP contribution is 2.28. The van der Waals surface area contributed by atoms with Crippen LogP contribution in [0.15, 0.2) is 22.9 Å². The van der Waals surface area contributed by atoms with Crippen LogP contribution in [0, 0.1) is 6.92 Å². The van der Waals surface area contributed by atoms with Gasteiger partial charge in [-0.15, -0.1) is 0 Å². The number of carboxylic acids is 1. The number of aromatic nitrogens is 3. The number of ether oxygens (including phenoxy) is 1. The lowest BCUT2D eigenvalue weighted by Gasteiger charge is -2.12. The molecule has 7 heteroatoms. The third kappa shape index (κ3) is 2.98. The van der Waals surface area contributed by atoms with Gasteiger partial charge in [0.1, 0.15) is 24.2 Å². The Hall–Kier alpha value is -1.89. The molecule has 20 heavy (non-hydrogen) atoms. The van der Waals surface area contributed by atoms with E-state index in [4.69, 9.17) is 4.74 Å². The van der Waals surface area contributed by atoms with Gasteiger partial charge in [-0.2, -0.15) is 5.10 Å². The molecule has 6 nitrogen and oxygen atoms in total. The monoisotopic (exact) mass is 339 g/mol. The smallest absolute Gasteiger partial charge is 0.339 e. The van der Waals surface area contributed by atoms with Crippen molar-refractivity contribution in [2.24, 2.45) is 0 Å². The van der Waals surface area contributed by atoms with E-state index < -0.39 is 5.97 Å². The largest absolute Gasteiger partial charge is 0.484 e. The Morgan fingerprint density at radius 1 is 1.50 bits per heavy atom. The molecule has 0 spiro atoms. The molecule has 1 N–H and O–H groups in total. The van der Waals surface area contributed by atoms with Crippen LogP contribution in [0.5, 0.6) is 5.75 Å². The fourth-order valence-corrected chi connectivity index (χ4v) is 2.45. The summed E-state index contributed by atoms with van der Waals surface area (Å²) in [5.74, 6) is -0.0149. The van der Waals surface area contributed by atoms with Gasteiger partial charge in [0.2, 0.25) is 0 Å². The first-order valence-electron chi connectivity index (χ1n) is 6.05. The van der Waals surface area contributed by atoms with Crippen LogP contribution in [0.4, 0.5) is 0 Å². The second kappa shape index (κ2) is 6.04. The molecular weight excluding hydrogens is 326 g/mol. The molecule has 0 unspecified atom stereocenters. The van der Waals surface area contributed by atoms with Crippen LogP contribution >= 0.6 is 15.9 Å². The Kier molecular flexibility index (Phi) is 4.39. The van der Waals surface area contributed by atoms with Gasteiger partial charge >= 0.3 is 5.97 Å². The van der Waals surface area contributed by atoms with Crippen molar-refractivity contribution < 1.29 is 14.6 Å². The van der Waals surface area contributed by atoms with Crippen molar-refractivity contribution in [1.82, 2.24) is 14.8 Å². The molecule has 1 heterocycles. The molecule has 0 bridgehead atoms. The number of aromatic carboxylic acids is 1. The number of nitrogens with zero attached hydrogens (tertiary/aromatic N) is 3. The van der Waals surface area contributed by atoms with E-state index in [2.05, 4.69) is 26.0 Å². The minimum absolute atomic E-state index is 0.124. The number of benzene rings is 1. The Bertz CT molecular complexity index is 640. The van der Waals surface area contributed by atoms with E-state index in [0.29, 0.717) is 22.6 Å². The minimum atomic E-state index is -1.03. The maximum absolute atomic E-state index is 11.3. The highest BCUT2D eigenvalue weighted by molar-refractivity contribution is 9.10. The first-order chi connectivity index (χ1) is 9.52. The normalized spacial score (nSPS) is 10.6. The van der Waals surface area contributed by atoms with Crippen molar-refractivity contribution in [3.8, 4) is 5.75 Å². The van der Waals surface area contributed by atoms with Crippen LogP contribution in [0.2, 0.25) is 0 Å². The van der Waals surface area contributed by atoms with Gasteiger partial charge in [0.25, 0.3) is 0 Å². The average Bonchev–Trinajstić information content (AvgIpc) is 2.84. The first-order valence-corrected chi connectivity index (χ1v) is 6.85. The summed E-state index contributed by atoms with van der Waals surface area (Å²) in [5.41, 5.74) is 0.874. The number of hydrogen-bond donors (Lipinski definition) is 1. The summed E-state index contributed by atoms with van der Waals surface area (Å²) < 4.78 is 8.05. The van der Waals surface area contributed by atoms with Gasteiger partial charge in [-0.3, -0.25) is 0 Å². The van der Waals surface area contributed by atoms with Crippen LogP contribution in [-0.4, -0.2) is 25.8 Å². The maximum Gasteiger partial charge on any atom is 0.339 e.